The molecule has 0 aliphatic heterocycles. The minimum absolute atomic E-state index is 0.178. The number of unbranched alkanes of at least 4 members (excludes halogenated alkanes) is 1. The van der Waals surface area contributed by atoms with Crippen LogP contribution in [0.25, 0.3) is 0 Å². The van der Waals surface area contributed by atoms with Gasteiger partial charge < -0.3 is 24.5 Å². The summed E-state index contributed by atoms with van der Waals surface area (Å²) in [6.07, 6.45) is 2.97. The van der Waals surface area contributed by atoms with E-state index in [1.807, 2.05) is 54.6 Å². The molecule has 3 rings (SSSR count). The minimum atomic E-state index is -0.647. The highest BCUT2D eigenvalue weighted by Crippen LogP contribution is 2.19. The third-order valence-electron chi connectivity index (χ3n) is 4.70. The number of amides is 2. The standard InChI is InChI=1S/C25H28N2O5/c1-19(27-25(29)23-10-7-17-31-23)24(28)26-15-5-6-16-30-21-11-13-22(14-12-21)32-18-20-8-3-2-4-9-20/h2-4,7-14,17,19H,5-6,15-16,18H2,1H3,(H,26,28)(H,27,29). The number of ether oxygens (including phenoxy) is 2. The molecule has 1 heterocycles. The lowest BCUT2D eigenvalue weighted by Gasteiger charge is -2.13. The van der Waals surface area contributed by atoms with Crippen molar-refractivity contribution in [3.8, 4) is 11.5 Å². The molecule has 0 saturated heterocycles. The van der Waals surface area contributed by atoms with Crippen LogP contribution in [0, 0.1) is 0 Å². The summed E-state index contributed by atoms with van der Waals surface area (Å²) in [5.74, 6) is 1.09. The lowest BCUT2D eigenvalue weighted by Crippen LogP contribution is -2.45. The largest absolute Gasteiger partial charge is 0.494 e. The van der Waals surface area contributed by atoms with Crippen LogP contribution < -0.4 is 20.1 Å². The zero-order valence-corrected chi connectivity index (χ0v) is 18.1. The Morgan fingerprint density at radius 3 is 2.31 bits per heavy atom. The molecular formula is C25H28N2O5. The zero-order valence-electron chi connectivity index (χ0n) is 18.1. The summed E-state index contributed by atoms with van der Waals surface area (Å²) < 4.78 is 16.5. The Bertz CT molecular complexity index is 956. The first-order valence-corrected chi connectivity index (χ1v) is 10.6. The fraction of sp³-hybridized carbons (Fsp3) is 0.280. The van der Waals surface area contributed by atoms with E-state index >= 15 is 0 Å². The predicted molar refractivity (Wildman–Crippen MR) is 121 cm³/mol. The van der Waals surface area contributed by atoms with E-state index in [4.69, 9.17) is 13.9 Å². The van der Waals surface area contributed by atoms with Crippen LogP contribution in [0.2, 0.25) is 0 Å². The maximum atomic E-state index is 12.1. The Balaban J connectivity index is 1.26. The van der Waals surface area contributed by atoms with Crippen molar-refractivity contribution >= 4 is 11.8 Å². The number of furan rings is 1. The van der Waals surface area contributed by atoms with E-state index < -0.39 is 11.9 Å². The van der Waals surface area contributed by atoms with E-state index in [0.717, 1.165) is 29.9 Å². The van der Waals surface area contributed by atoms with Crippen molar-refractivity contribution in [1.29, 1.82) is 0 Å². The molecule has 2 N–H and O–H groups in total. The Kier molecular flexibility index (Phi) is 8.74. The van der Waals surface area contributed by atoms with E-state index in [2.05, 4.69) is 10.6 Å². The average Bonchev–Trinajstić information content (AvgIpc) is 3.36. The summed E-state index contributed by atoms with van der Waals surface area (Å²) in [5.41, 5.74) is 1.12. The first-order valence-electron chi connectivity index (χ1n) is 10.6. The van der Waals surface area contributed by atoms with Gasteiger partial charge in [0.2, 0.25) is 5.91 Å². The second-order valence-electron chi connectivity index (χ2n) is 7.26. The Morgan fingerprint density at radius 2 is 1.62 bits per heavy atom. The average molecular weight is 437 g/mol. The molecule has 2 amide bonds. The Labute approximate surface area is 187 Å². The highest BCUT2D eigenvalue weighted by Gasteiger charge is 2.17. The maximum absolute atomic E-state index is 12.1. The Hall–Kier alpha value is -3.74. The van der Waals surface area contributed by atoms with Crippen molar-refractivity contribution in [1.82, 2.24) is 10.6 Å². The highest BCUT2D eigenvalue weighted by molar-refractivity contribution is 5.95. The van der Waals surface area contributed by atoms with Crippen LogP contribution in [0.4, 0.5) is 0 Å². The first kappa shape index (κ1) is 22.9. The lowest BCUT2D eigenvalue weighted by molar-refractivity contribution is -0.122. The molecule has 0 fully saturated rings. The van der Waals surface area contributed by atoms with Crippen molar-refractivity contribution in [2.45, 2.75) is 32.4 Å². The van der Waals surface area contributed by atoms with Crippen LogP contribution in [0.3, 0.4) is 0 Å². The van der Waals surface area contributed by atoms with Crippen molar-refractivity contribution in [3.63, 3.8) is 0 Å². The maximum Gasteiger partial charge on any atom is 0.287 e. The van der Waals surface area contributed by atoms with Gasteiger partial charge in [-0.3, -0.25) is 9.59 Å². The molecule has 0 aliphatic carbocycles. The van der Waals surface area contributed by atoms with Gasteiger partial charge in [0, 0.05) is 6.54 Å². The monoisotopic (exact) mass is 436 g/mol. The Morgan fingerprint density at radius 1 is 0.906 bits per heavy atom. The molecule has 0 saturated carbocycles. The van der Waals surface area contributed by atoms with Crippen LogP contribution in [-0.4, -0.2) is 31.0 Å². The fourth-order valence-corrected chi connectivity index (χ4v) is 2.90. The summed E-state index contributed by atoms with van der Waals surface area (Å²) in [5, 5.41) is 5.41. The SMILES string of the molecule is CC(NC(=O)c1ccco1)C(=O)NCCCCOc1ccc(OCc2ccccc2)cc1. The summed E-state index contributed by atoms with van der Waals surface area (Å²) >= 11 is 0. The summed E-state index contributed by atoms with van der Waals surface area (Å²) in [6.45, 7) is 3.21. The van der Waals surface area contributed by atoms with Crippen molar-refractivity contribution < 1.29 is 23.5 Å². The molecule has 0 spiro atoms. The van der Waals surface area contributed by atoms with Gasteiger partial charge in [-0.25, -0.2) is 0 Å². The normalized spacial score (nSPS) is 11.4. The quantitative estimate of drug-likeness (QED) is 0.420. The van der Waals surface area contributed by atoms with Crippen LogP contribution in [0.5, 0.6) is 11.5 Å². The van der Waals surface area contributed by atoms with E-state index in [-0.39, 0.29) is 11.7 Å². The van der Waals surface area contributed by atoms with Crippen molar-refractivity contribution in [2.75, 3.05) is 13.2 Å². The summed E-state index contributed by atoms with van der Waals surface area (Å²) in [7, 11) is 0. The van der Waals surface area contributed by atoms with Gasteiger partial charge in [-0.15, -0.1) is 0 Å². The van der Waals surface area contributed by atoms with E-state index in [1.54, 1.807) is 19.1 Å². The molecule has 1 aromatic heterocycles. The molecular weight excluding hydrogens is 408 g/mol. The highest BCUT2D eigenvalue weighted by atomic mass is 16.5. The van der Waals surface area contributed by atoms with Gasteiger partial charge in [-0.2, -0.15) is 0 Å². The van der Waals surface area contributed by atoms with Gasteiger partial charge in [0.1, 0.15) is 24.1 Å². The smallest absolute Gasteiger partial charge is 0.287 e. The number of benzene rings is 2. The van der Waals surface area contributed by atoms with Gasteiger partial charge in [0.15, 0.2) is 5.76 Å². The second kappa shape index (κ2) is 12.2. The topological polar surface area (TPSA) is 89.8 Å². The van der Waals surface area contributed by atoms with Crippen LogP contribution in [0.15, 0.2) is 77.4 Å². The molecule has 0 bridgehead atoms. The van der Waals surface area contributed by atoms with Gasteiger partial charge in [0.05, 0.1) is 12.9 Å². The zero-order chi connectivity index (χ0) is 22.6. The van der Waals surface area contributed by atoms with Gasteiger partial charge in [-0.1, -0.05) is 30.3 Å². The first-order chi connectivity index (χ1) is 15.6. The molecule has 7 heteroatoms. The third kappa shape index (κ3) is 7.50. The van der Waals surface area contributed by atoms with E-state index in [9.17, 15) is 9.59 Å². The van der Waals surface area contributed by atoms with E-state index in [0.29, 0.717) is 19.8 Å². The molecule has 32 heavy (non-hydrogen) atoms. The van der Waals surface area contributed by atoms with Crippen LogP contribution in [-0.2, 0) is 11.4 Å². The number of nitrogens with one attached hydrogen (secondary N) is 2. The third-order valence-corrected chi connectivity index (χ3v) is 4.70. The predicted octanol–water partition coefficient (Wildman–Crippen LogP) is 3.95. The number of carbonyl (C=O) groups is 2. The molecule has 0 radical (unpaired) electrons. The molecule has 3 aromatic rings. The number of carbonyl (C=O) groups excluding carboxylic acids is 2. The molecule has 7 nitrogen and oxygen atoms in total. The fourth-order valence-electron chi connectivity index (χ4n) is 2.90. The molecule has 1 unspecified atom stereocenters. The molecule has 1 atom stereocenters. The van der Waals surface area contributed by atoms with Crippen LogP contribution >= 0.6 is 0 Å². The molecule has 2 aromatic carbocycles. The summed E-state index contributed by atoms with van der Waals surface area (Å²) in [4.78, 5) is 24.0. The summed E-state index contributed by atoms with van der Waals surface area (Å²) in [6, 6.07) is 20.1. The van der Waals surface area contributed by atoms with Gasteiger partial charge in [0.25, 0.3) is 5.91 Å². The van der Waals surface area contributed by atoms with Crippen molar-refractivity contribution in [2.24, 2.45) is 0 Å². The van der Waals surface area contributed by atoms with Gasteiger partial charge in [-0.05, 0) is 61.7 Å². The van der Waals surface area contributed by atoms with E-state index in [1.165, 1.54) is 6.26 Å². The minimum Gasteiger partial charge on any atom is -0.494 e. The number of rotatable bonds is 12. The molecule has 0 aliphatic rings. The van der Waals surface area contributed by atoms with Gasteiger partial charge >= 0.3 is 0 Å². The second-order valence-corrected chi connectivity index (χ2v) is 7.26. The molecule has 168 valence electrons. The number of hydrogen-bond donors (Lipinski definition) is 2. The van der Waals surface area contributed by atoms with Crippen LogP contribution in [0.1, 0.15) is 35.9 Å². The number of hydrogen-bond acceptors (Lipinski definition) is 5. The van der Waals surface area contributed by atoms with Crippen molar-refractivity contribution in [3.05, 3.63) is 84.3 Å². The lowest BCUT2D eigenvalue weighted by atomic mass is 10.2.